The van der Waals surface area contributed by atoms with Crippen molar-refractivity contribution < 1.29 is 14.2 Å². The molecule has 0 aromatic heterocycles. The fraction of sp³-hybridized carbons (Fsp3) is 1.00. The molecule has 0 aromatic carbocycles. The van der Waals surface area contributed by atoms with Crippen molar-refractivity contribution in [3.8, 4) is 0 Å². The Morgan fingerprint density at radius 3 is 2.15 bits per heavy atom. The fourth-order valence-electron chi connectivity index (χ4n) is 2.61. The molecule has 2 atom stereocenters. The predicted octanol–water partition coefficient (Wildman–Crippen LogP) is 4.69. The first kappa shape index (κ1) is 17.9. The third-order valence-corrected chi connectivity index (χ3v) is 3.98. The van der Waals surface area contributed by atoms with Crippen LogP contribution in [0.2, 0.25) is 0 Å². The molecule has 3 heteroatoms. The molecule has 120 valence electrons. The molecule has 3 nitrogen and oxygen atoms in total. The highest BCUT2D eigenvalue weighted by molar-refractivity contribution is 4.74. The Bertz CT molecular complexity index is 204. The van der Waals surface area contributed by atoms with E-state index in [1.807, 2.05) is 0 Å². The van der Waals surface area contributed by atoms with E-state index in [0.29, 0.717) is 19.0 Å². The SMILES string of the molecule is CCCCCCCCCCC[C@H](C[C@H]1CO1)OCOC. The van der Waals surface area contributed by atoms with Crippen LogP contribution in [0.3, 0.4) is 0 Å². The Balaban J connectivity index is 1.88. The molecule has 1 saturated heterocycles. The molecule has 0 bridgehead atoms. The van der Waals surface area contributed by atoms with Crippen LogP contribution in [0.5, 0.6) is 0 Å². The summed E-state index contributed by atoms with van der Waals surface area (Å²) in [5.74, 6) is 0. The van der Waals surface area contributed by atoms with E-state index in [1.165, 1.54) is 57.8 Å². The van der Waals surface area contributed by atoms with Crippen LogP contribution < -0.4 is 0 Å². The number of epoxide rings is 1. The van der Waals surface area contributed by atoms with Crippen molar-refractivity contribution in [2.24, 2.45) is 0 Å². The molecule has 0 amide bonds. The van der Waals surface area contributed by atoms with Gasteiger partial charge in [0.25, 0.3) is 0 Å². The largest absolute Gasteiger partial charge is 0.373 e. The van der Waals surface area contributed by atoms with Crippen molar-refractivity contribution in [3.05, 3.63) is 0 Å². The third kappa shape index (κ3) is 10.6. The van der Waals surface area contributed by atoms with Crippen molar-refractivity contribution in [3.63, 3.8) is 0 Å². The normalized spacial score (nSPS) is 19.2. The van der Waals surface area contributed by atoms with Crippen LogP contribution >= 0.6 is 0 Å². The molecule has 20 heavy (non-hydrogen) atoms. The maximum atomic E-state index is 5.71. The van der Waals surface area contributed by atoms with Crippen LogP contribution in [0.4, 0.5) is 0 Å². The van der Waals surface area contributed by atoms with Gasteiger partial charge in [0.05, 0.1) is 18.8 Å². The summed E-state index contributed by atoms with van der Waals surface area (Å²) < 4.78 is 16.0. The summed E-state index contributed by atoms with van der Waals surface area (Å²) in [7, 11) is 1.68. The summed E-state index contributed by atoms with van der Waals surface area (Å²) in [4.78, 5) is 0. The lowest BCUT2D eigenvalue weighted by molar-refractivity contribution is -0.0786. The lowest BCUT2D eigenvalue weighted by Crippen LogP contribution is -2.17. The molecule has 1 fully saturated rings. The van der Waals surface area contributed by atoms with Gasteiger partial charge in [0.15, 0.2) is 0 Å². The first-order valence-electron chi connectivity index (χ1n) is 8.59. The molecule has 1 heterocycles. The summed E-state index contributed by atoms with van der Waals surface area (Å²) in [6.07, 6.45) is 15.4. The molecule has 1 rings (SSSR count). The van der Waals surface area contributed by atoms with Gasteiger partial charge in [-0.3, -0.25) is 0 Å². The van der Waals surface area contributed by atoms with E-state index in [1.54, 1.807) is 7.11 Å². The van der Waals surface area contributed by atoms with Gasteiger partial charge in [0.2, 0.25) is 0 Å². The second kappa shape index (κ2) is 12.6. The van der Waals surface area contributed by atoms with E-state index in [0.717, 1.165) is 19.4 Å². The highest BCUT2D eigenvalue weighted by Crippen LogP contribution is 2.21. The molecule has 0 aromatic rings. The van der Waals surface area contributed by atoms with Crippen molar-refractivity contribution in [2.45, 2.75) is 89.8 Å². The van der Waals surface area contributed by atoms with Crippen molar-refractivity contribution in [1.82, 2.24) is 0 Å². The average Bonchev–Trinajstić information content (AvgIpc) is 3.26. The summed E-state index contributed by atoms with van der Waals surface area (Å²) in [6, 6.07) is 0. The Hall–Kier alpha value is -0.120. The lowest BCUT2D eigenvalue weighted by Gasteiger charge is -2.16. The third-order valence-electron chi connectivity index (χ3n) is 3.98. The zero-order valence-corrected chi connectivity index (χ0v) is 13.6. The number of hydrogen-bond donors (Lipinski definition) is 0. The first-order valence-corrected chi connectivity index (χ1v) is 8.59. The maximum Gasteiger partial charge on any atom is 0.146 e. The van der Waals surface area contributed by atoms with Crippen LogP contribution in [-0.2, 0) is 14.2 Å². The Kier molecular flexibility index (Phi) is 11.3. The molecular weight excluding hydrogens is 252 g/mol. The Labute approximate surface area is 125 Å². The minimum atomic E-state index is 0.326. The monoisotopic (exact) mass is 286 g/mol. The smallest absolute Gasteiger partial charge is 0.146 e. The molecular formula is C17H34O3. The molecule has 0 spiro atoms. The van der Waals surface area contributed by atoms with Crippen LogP contribution in [0.25, 0.3) is 0 Å². The second-order valence-corrected chi connectivity index (χ2v) is 6.00. The van der Waals surface area contributed by atoms with Crippen molar-refractivity contribution in [1.29, 1.82) is 0 Å². The zero-order valence-electron chi connectivity index (χ0n) is 13.6. The van der Waals surface area contributed by atoms with Crippen LogP contribution in [0, 0.1) is 0 Å². The highest BCUT2D eigenvalue weighted by Gasteiger charge is 2.26. The van der Waals surface area contributed by atoms with Crippen LogP contribution in [0.1, 0.15) is 77.6 Å². The van der Waals surface area contributed by atoms with Gasteiger partial charge < -0.3 is 14.2 Å². The highest BCUT2D eigenvalue weighted by atomic mass is 16.7. The van der Waals surface area contributed by atoms with Crippen molar-refractivity contribution in [2.75, 3.05) is 20.5 Å². The molecule has 0 saturated carbocycles. The topological polar surface area (TPSA) is 31.0 Å². The van der Waals surface area contributed by atoms with E-state index in [9.17, 15) is 0 Å². The number of hydrogen-bond acceptors (Lipinski definition) is 3. The standard InChI is InChI=1S/C17H34O3/c1-3-4-5-6-7-8-9-10-11-12-16(20-15-18-2)13-17-14-19-17/h16-17H,3-15H2,1-2H3/t16-,17+/m1/s1. The zero-order chi connectivity index (χ0) is 14.5. The van der Waals surface area contributed by atoms with Gasteiger partial charge in [-0.05, 0) is 6.42 Å². The van der Waals surface area contributed by atoms with Gasteiger partial charge in [-0.1, -0.05) is 64.7 Å². The van der Waals surface area contributed by atoms with Gasteiger partial charge in [-0.2, -0.15) is 0 Å². The van der Waals surface area contributed by atoms with Crippen LogP contribution in [-0.4, -0.2) is 32.7 Å². The molecule has 0 unspecified atom stereocenters. The Morgan fingerprint density at radius 2 is 1.60 bits per heavy atom. The van der Waals surface area contributed by atoms with E-state index in [2.05, 4.69) is 6.92 Å². The average molecular weight is 286 g/mol. The number of rotatable bonds is 15. The summed E-state index contributed by atoms with van der Waals surface area (Å²) >= 11 is 0. The molecule has 0 radical (unpaired) electrons. The van der Waals surface area contributed by atoms with Gasteiger partial charge in [0, 0.05) is 13.5 Å². The van der Waals surface area contributed by atoms with E-state index < -0.39 is 0 Å². The predicted molar refractivity (Wildman–Crippen MR) is 83.0 cm³/mol. The fourth-order valence-corrected chi connectivity index (χ4v) is 2.61. The van der Waals surface area contributed by atoms with E-state index in [4.69, 9.17) is 14.2 Å². The van der Waals surface area contributed by atoms with E-state index >= 15 is 0 Å². The summed E-state index contributed by atoms with van der Waals surface area (Å²) in [5, 5.41) is 0. The van der Waals surface area contributed by atoms with Gasteiger partial charge >= 0.3 is 0 Å². The summed E-state index contributed by atoms with van der Waals surface area (Å²) in [6.45, 7) is 3.61. The van der Waals surface area contributed by atoms with Crippen LogP contribution in [0.15, 0.2) is 0 Å². The number of ether oxygens (including phenoxy) is 3. The minimum Gasteiger partial charge on any atom is -0.373 e. The lowest BCUT2D eigenvalue weighted by atomic mass is 10.0. The Morgan fingerprint density at radius 1 is 1.00 bits per heavy atom. The maximum absolute atomic E-state index is 5.71. The van der Waals surface area contributed by atoms with E-state index in [-0.39, 0.29) is 0 Å². The molecule has 0 N–H and O–H groups in total. The minimum absolute atomic E-state index is 0.326. The molecule has 1 aliphatic rings. The number of unbranched alkanes of at least 4 members (excludes halogenated alkanes) is 8. The first-order chi connectivity index (χ1) is 9.86. The van der Waals surface area contributed by atoms with Gasteiger partial charge in [-0.25, -0.2) is 0 Å². The molecule has 1 aliphatic heterocycles. The van der Waals surface area contributed by atoms with Gasteiger partial charge in [0.1, 0.15) is 6.79 Å². The number of methoxy groups -OCH3 is 1. The second-order valence-electron chi connectivity index (χ2n) is 6.00. The van der Waals surface area contributed by atoms with Crippen molar-refractivity contribution >= 4 is 0 Å². The quantitative estimate of drug-likeness (QED) is 0.249. The summed E-state index contributed by atoms with van der Waals surface area (Å²) in [5.41, 5.74) is 0. The van der Waals surface area contributed by atoms with Gasteiger partial charge in [-0.15, -0.1) is 0 Å². The molecule has 0 aliphatic carbocycles.